The van der Waals surface area contributed by atoms with E-state index >= 15 is 0 Å². The molecule has 2 rings (SSSR count). The maximum absolute atomic E-state index is 12.8. The molecular weight excluding hydrogens is 221 g/mol. The highest BCUT2D eigenvalue weighted by atomic mass is 79.9. The first-order chi connectivity index (χ1) is 5.77. The minimum absolute atomic E-state index is 0.270. The van der Waals surface area contributed by atoms with Gasteiger partial charge in [-0.2, -0.15) is 0 Å². The van der Waals surface area contributed by atoms with Gasteiger partial charge in [-0.3, -0.25) is 4.98 Å². The standard InChI is InChI=1S/C9H5BrFN/c10-8-4-6(11)5-9-7(8)2-1-3-12-9/h1-5H. The summed E-state index contributed by atoms with van der Waals surface area (Å²) in [5.74, 6) is -0.270. The van der Waals surface area contributed by atoms with Crippen LogP contribution in [0.15, 0.2) is 34.9 Å². The molecule has 0 radical (unpaired) electrons. The van der Waals surface area contributed by atoms with Crippen LogP contribution in [0.25, 0.3) is 10.9 Å². The van der Waals surface area contributed by atoms with E-state index in [0.29, 0.717) is 5.52 Å². The quantitative estimate of drug-likeness (QED) is 0.672. The van der Waals surface area contributed by atoms with Gasteiger partial charge in [-0.25, -0.2) is 4.39 Å². The van der Waals surface area contributed by atoms with Crippen molar-refractivity contribution in [1.82, 2.24) is 4.98 Å². The van der Waals surface area contributed by atoms with E-state index < -0.39 is 0 Å². The van der Waals surface area contributed by atoms with Gasteiger partial charge in [0.25, 0.3) is 0 Å². The second kappa shape index (κ2) is 2.83. The van der Waals surface area contributed by atoms with Gasteiger partial charge in [0.1, 0.15) is 5.82 Å². The third-order valence-corrected chi connectivity index (χ3v) is 2.29. The number of benzene rings is 1. The fourth-order valence-electron chi connectivity index (χ4n) is 1.11. The van der Waals surface area contributed by atoms with E-state index in [4.69, 9.17) is 0 Å². The van der Waals surface area contributed by atoms with Gasteiger partial charge in [-0.1, -0.05) is 6.07 Å². The predicted octanol–water partition coefficient (Wildman–Crippen LogP) is 3.14. The van der Waals surface area contributed by atoms with Crippen molar-refractivity contribution in [3.63, 3.8) is 0 Å². The zero-order chi connectivity index (χ0) is 8.55. The van der Waals surface area contributed by atoms with Crippen LogP contribution in [0.4, 0.5) is 4.39 Å². The summed E-state index contributed by atoms with van der Waals surface area (Å²) in [5, 5.41) is 0.930. The Kier molecular flexibility index (Phi) is 1.81. The summed E-state index contributed by atoms with van der Waals surface area (Å²) in [6, 6.07) is 6.57. The molecule has 0 fully saturated rings. The molecule has 1 aromatic carbocycles. The molecule has 0 spiro atoms. The Bertz CT molecular complexity index is 428. The Morgan fingerprint density at radius 2 is 2.17 bits per heavy atom. The second-order valence-electron chi connectivity index (χ2n) is 2.46. The number of rotatable bonds is 0. The highest BCUT2D eigenvalue weighted by Gasteiger charge is 2.00. The van der Waals surface area contributed by atoms with E-state index in [1.807, 2.05) is 12.1 Å². The molecule has 0 aliphatic heterocycles. The Morgan fingerprint density at radius 1 is 1.33 bits per heavy atom. The zero-order valence-corrected chi connectivity index (χ0v) is 7.68. The normalized spacial score (nSPS) is 10.5. The van der Waals surface area contributed by atoms with Crippen molar-refractivity contribution in [3.05, 3.63) is 40.8 Å². The van der Waals surface area contributed by atoms with E-state index in [-0.39, 0.29) is 5.82 Å². The van der Waals surface area contributed by atoms with Crippen LogP contribution in [-0.2, 0) is 0 Å². The van der Waals surface area contributed by atoms with Crippen LogP contribution < -0.4 is 0 Å². The molecule has 0 atom stereocenters. The minimum atomic E-state index is -0.270. The van der Waals surface area contributed by atoms with Crippen molar-refractivity contribution in [1.29, 1.82) is 0 Å². The average molecular weight is 226 g/mol. The second-order valence-corrected chi connectivity index (χ2v) is 3.31. The molecule has 0 aliphatic rings. The van der Waals surface area contributed by atoms with Crippen LogP contribution in [0.5, 0.6) is 0 Å². The van der Waals surface area contributed by atoms with E-state index in [2.05, 4.69) is 20.9 Å². The third-order valence-electron chi connectivity index (χ3n) is 1.64. The van der Waals surface area contributed by atoms with E-state index in [0.717, 1.165) is 9.86 Å². The number of hydrogen-bond donors (Lipinski definition) is 0. The number of halogens is 2. The van der Waals surface area contributed by atoms with Gasteiger partial charge in [0.15, 0.2) is 0 Å². The Labute approximate surface area is 77.4 Å². The molecule has 0 amide bonds. The van der Waals surface area contributed by atoms with Crippen molar-refractivity contribution in [2.24, 2.45) is 0 Å². The molecule has 0 saturated carbocycles. The molecule has 60 valence electrons. The lowest BCUT2D eigenvalue weighted by Crippen LogP contribution is -1.81. The van der Waals surface area contributed by atoms with Crippen LogP contribution in [0.1, 0.15) is 0 Å². The van der Waals surface area contributed by atoms with E-state index in [1.165, 1.54) is 12.1 Å². The summed E-state index contributed by atoms with van der Waals surface area (Å²) in [6.45, 7) is 0. The SMILES string of the molecule is Fc1cc(Br)c2cccnc2c1. The molecule has 0 saturated heterocycles. The molecule has 1 heterocycles. The first kappa shape index (κ1) is 7.68. The van der Waals surface area contributed by atoms with Crippen LogP contribution in [0, 0.1) is 5.82 Å². The minimum Gasteiger partial charge on any atom is -0.256 e. The number of fused-ring (bicyclic) bond motifs is 1. The Hall–Kier alpha value is -0.960. The number of hydrogen-bond acceptors (Lipinski definition) is 1. The lowest BCUT2D eigenvalue weighted by Gasteiger charge is -1.98. The smallest absolute Gasteiger partial charge is 0.126 e. The monoisotopic (exact) mass is 225 g/mol. The summed E-state index contributed by atoms with van der Waals surface area (Å²) in [5.41, 5.74) is 0.671. The van der Waals surface area contributed by atoms with Gasteiger partial charge in [-0.15, -0.1) is 0 Å². The Balaban J connectivity index is 2.89. The number of aromatic nitrogens is 1. The topological polar surface area (TPSA) is 12.9 Å². The molecule has 0 aliphatic carbocycles. The lowest BCUT2D eigenvalue weighted by molar-refractivity contribution is 0.628. The van der Waals surface area contributed by atoms with Crippen LogP contribution in [-0.4, -0.2) is 4.98 Å². The maximum atomic E-state index is 12.8. The van der Waals surface area contributed by atoms with Gasteiger partial charge in [-0.05, 0) is 28.1 Å². The predicted molar refractivity (Wildman–Crippen MR) is 49.4 cm³/mol. The summed E-state index contributed by atoms with van der Waals surface area (Å²) in [6.07, 6.45) is 1.65. The van der Waals surface area contributed by atoms with Gasteiger partial charge in [0.05, 0.1) is 5.52 Å². The molecule has 0 N–H and O–H groups in total. The van der Waals surface area contributed by atoms with Crippen molar-refractivity contribution in [2.45, 2.75) is 0 Å². The molecule has 1 nitrogen and oxygen atoms in total. The molecule has 0 bridgehead atoms. The molecule has 3 heteroatoms. The van der Waals surface area contributed by atoms with Gasteiger partial charge in [0, 0.05) is 22.1 Å². The van der Waals surface area contributed by atoms with Crippen molar-refractivity contribution < 1.29 is 4.39 Å². The largest absolute Gasteiger partial charge is 0.256 e. The van der Waals surface area contributed by atoms with Gasteiger partial charge < -0.3 is 0 Å². The Morgan fingerprint density at radius 3 is 3.00 bits per heavy atom. The van der Waals surface area contributed by atoms with Gasteiger partial charge in [0.2, 0.25) is 0 Å². The number of nitrogens with zero attached hydrogens (tertiary/aromatic N) is 1. The van der Waals surface area contributed by atoms with Crippen molar-refractivity contribution in [3.8, 4) is 0 Å². The van der Waals surface area contributed by atoms with Gasteiger partial charge >= 0.3 is 0 Å². The summed E-state index contributed by atoms with van der Waals surface area (Å²) >= 11 is 3.27. The highest BCUT2D eigenvalue weighted by Crippen LogP contribution is 2.23. The molecule has 2 aromatic rings. The van der Waals surface area contributed by atoms with Crippen LogP contribution >= 0.6 is 15.9 Å². The van der Waals surface area contributed by atoms with Crippen LogP contribution in [0.3, 0.4) is 0 Å². The first-order valence-corrected chi connectivity index (χ1v) is 4.26. The van der Waals surface area contributed by atoms with E-state index in [9.17, 15) is 4.39 Å². The average Bonchev–Trinajstić information content (AvgIpc) is 2.04. The molecule has 0 unspecified atom stereocenters. The molecule has 1 aromatic heterocycles. The van der Waals surface area contributed by atoms with E-state index in [1.54, 1.807) is 6.20 Å². The summed E-state index contributed by atoms with van der Waals surface area (Å²) in [7, 11) is 0. The van der Waals surface area contributed by atoms with Crippen LogP contribution in [0.2, 0.25) is 0 Å². The fourth-order valence-corrected chi connectivity index (χ4v) is 1.66. The highest BCUT2D eigenvalue weighted by molar-refractivity contribution is 9.10. The summed E-state index contributed by atoms with van der Waals surface area (Å²) in [4.78, 5) is 4.03. The molecule has 12 heavy (non-hydrogen) atoms. The first-order valence-electron chi connectivity index (χ1n) is 3.47. The number of pyridine rings is 1. The van der Waals surface area contributed by atoms with Crippen molar-refractivity contribution in [2.75, 3.05) is 0 Å². The summed E-state index contributed by atoms with van der Waals surface area (Å²) < 4.78 is 13.6. The van der Waals surface area contributed by atoms with Crippen molar-refractivity contribution >= 4 is 26.8 Å². The maximum Gasteiger partial charge on any atom is 0.126 e. The molecular formula is C9H5BrFN. The third kappa shape index (κ3) is 1.20. The lowest BCUT2D eigenvalue weighted by atomic mass is 10.2. The fraction of sp³-hybridized carbons (Fsp3) is 0. The zero-order valence-electron chi connectivity index (χ0n) is 6.09.